The minimum Gasteiger partial charge on any atom is -0.312 e. The molecule has 2 heteroatoms. The lowest BCUT2D eigenvalue weighted by molar-refractivity contribution is 0.612. The van der Waals surface area contributed by atoms with Gasteiger partial charge in [-0.1, -0.05) is 35.0 Å². The van der Waals surface area contributed by atoms with Crippen LogP contribution in [0.1, 0.15) is 18.9 Å². The zero-order valence-corrected chi connectivity index (χ0v) is 10.0. The third kappa shape index (κ3) is 2.82. The largest absolute Gasteiger partial charge is 0.312 e. The van der Waals surface area contributed by atoms with E-state index in [2.05, 4.69) is 52.4 Å². The maximum absolute atomic E-state index is 3.50. The summed E-state index contributed by atoms with van der Waals surface area (Å²) in [6, 6.07) is 8.51. The highest BCUT2D eigenvalue weighted by Gasteiger charge is 2.31. The molecular formula is C12H16BrN. The van der Waals surface area contributed by atoms with Crippen LogP contribution in [0.15, 0.2) is 28.7 Å². The molecule has 0 aromatic heterocycles. The molecule has 1 aromatic carbocycles. The van der Waals surface area contributed by atoms with E-state index in [1.54, 1.807) is 0 Å². The Bertz CT molecular complexity index is 294. The zero-order valence-electron chi connectivity index (χ0n) is 8.46. The fourth-order valence-electron chi connectivity index (χ4n) is 1.69. The van der Waals surface area contributed by atoms with Gasteiger partial charge in [0.2, 0.25) is 0 Å². The molecule has 0 aliphatic heterocycles. The van der Waals surface area contributed by atoms with E-state index < -0.39 is 0 Å². The summed E-state index contributed by atoms with van der Waals surface area (Å²) in [7, 11) is 0. The van der Waals surface area contributed by atoms with Gasteiger partial charge in [0.15, 0.2) is 0 Å². The maximum Gasteiger partial charge on any atom is 0.0205 e. The molecule has 0 amide bonds. The zero-order chi connectivity index (χ0) is 9.97. The average molecular weight is 254 g/mol. The van der Waals surface area contributed by atoms with E-state index in [0.717, 1.165) is 22.9 Å². The van der Waals surface area contributed by atoms with Gasteiger partial charge in [0, 0.05) is 11.0 Å². The summed E-state index contributed by atoms with van der Waals surface area (Å²) in [6.45, 7) is 4.50. The third-order valence-corrected chi connectivity index (χ3v) is 3.45. The Hall–Kier alpha value is -0.340. The smallest absolute Gasteiger partial charge is 0.0205 e. The van der Waals surface area contributed by atoms with Gasteiger partial charge >= 0.3 is 0 Å². The Balaban J connectivity index is 1.72. The molecule has 0 saturated heterocycles. The first kappa shape index (κ1) is 10.2. The molecule has 1 aliphatic carbocycles. The summed E-state index contributed by atoms with van der Waals surface area (Å²) in [5.41, 5.74) is 1.36. The van der Waals surface area contributed by atoms with Crippen LogP contribution in [0, 0.1) is 11.8 Å². The van der Waals surface area contributed by atoms with E-state index in [9.17, 15) is 0 Å². The van der Waals surface area contributed by atoms with Crippen LogP contribution in [-0.2, 0) is 6.54 Å². The molecule has 0 heterocycles. The molecular weight excluding hydrogens is 238 g/mol. The first-order valence-corrected chi connectivity index (χ1v) is 6.00. The molecule has 2 atom stereocenters. The van der Waals surface area contributed by atoms with E-state index >= 15 is 0 Å². The minimum atomic E-state index is 0.936. The number of benzene rings is 1. The highest BCUT2D eigenvalue weighted by molar-refractivity contribution is 9.10. The molecule has 0 spiro atoms. The highest BCUT2D eigenvalue weighted by atomic mass is 79.9. The van der Waals surface area contributed by atoms with E-state index in [1.165, 1.54) is 18.5 Å². The van der Waals surface area contributed by atoms with Crippen LogP contribution in [0.4, 0.5) is 0 Å². The van der Waals surface area contributed by atoms with Gasteiger partial charge in [0.25, 0.3) is 0 Å². The summed E-state index contributed by atoms with van der Waals surface area (Å²) in [4.78, 5) is 0. The van der Waals surface area contributed by atoms with Crippen molar-refractivity contribution in [2.75, 3.05) is 6.54 Å². The first-order valence-electron chi connectivity index (χ1n) is 5.21. The molecule has 1 nitrogen and oxygen atoms in total. The number of hydrogen-bond acceptors (Lipinski definition) is 1. The van der Waals surface area contributed by atoms with E-state index in [1.807, 2.05) is 0 Å². The van der Waals surface area contributed by atoms with Crippen LogP contribution in [0.5, 0.6) is 0 Å². The van der Waals surface area contributed by atoms with E-state index in [4.69, 9.17) is 0 Å². The molecule has 1 saturated carbocycles. The normalized spacial score (nSPS) is 25.0. The van der Waals surface area contributed by atoms with Gasteiger partial charge in [-0.3, -0.25) is 0 Å². The van der Waals surface area contributed by atoms with Gasteiger partial charge in [-0.15, -0.1) is 0 Å². The number of rotatable bonds is 4. The number of hydrogen-bond donors (Lipinski definition) is 1. The Labute approximate surface area is 94.0 Å². The predicted molar refractivity (Wildman–Crippen MR) is 63.1 cm³/mol. The minimum absolute atomic E-state index is 0.936. The topological polar surface area (TPSA) is 12.0 Å². The molecule has 1 aliphatic rings. The second-order valence-electron chi connectivity index (χ2n) is 4.23. The maximum atomic E-state index is 3.50. The quantitative estimate of drug-likeness (QED) is 0.870. The SMILES string of the molecule is C[C@H]1C[C@H]1CNCc1ccc(Br)cc1. The molecule has 0 unspecified atom stereocenters. The highest BCUT2D eigenvalue weighted by Crippen LogP contribution is 2.36. The van der Waals surface area contributed by atoms with Gasteiger partial charge < -0.3 is 5.32 Å². The summed E-state index contributed by atoms with van der Waals surface area (Å²) in [6.07, 6.45) is 1.41. The van der Waals surface area contributed by atoms with Crippen LogP contribution in [0.25, 0.3) is 0 Å². The van der Waals surface area contributed by atoms with Crippen molar-refractivity contribution >= 4 is 15.9 Å². The van der Waals surface area contributed by atoms with Gasteiger partial charge in [0.05, 0.1) is 0 Å². The Morgan fingerprint density at radius 3 is 2.57 bits per heavy atom. The lowest BCUT2D eigenvalue weighted by Gasteiger charge is -2.03. The standard InChI is InChI=1S/C12H16BrN/c1-9-6-11(9)8-14-7-10-2-4-12(13)5-3-10/h2-5,9,11,14H,6-8H2,1H3/t9-,11-/m0/s1. The fraction of sp³-hybridized carbons (Fsp3) is 0.500. The van der Waals surface area contributed by atoms with Crippen molar-refractivity contribution in [1.29, 1.82) is 0 Å². The van der Waals surface area contributed by atoms with Crippen LogP contribution >= 0.6 is 15.9 Å². The first-order chi connectivity index (χ1) is 6.75. The summed E-state index contributed by atoms with van der Waals surface area (Å²) in [5, 5.41) is 3.50. The second-order valence-corrected chi connectivity index (χ2v) is 5.15. The monoisotopic (exact) mass is 253 g/mol. The molecule has 1 fully saturated rings. The van der Waals surface area contributed by atoms with Crippen molar-refractivity contribution < 1.29 is 0 Å². The second kappa shape index (κ2) is 4.45. The van der Waals surface area contributed by atoms with E-state index in [0.29, 0.717) is 0 Å². The number of nitrogens with one attached hydrogen (secondary N) is 1. The lowest BCUT2D eigenvalue weighted by atomic mass is 10.2. The van der Waals surface area contributed by atoms with Crippen LogP contribution in [0.3, 0.4) is 0 Å². The Morgan fingerprint density at radius 2 is 2.00 bits per heavy atom. The predicted octanol–water partition coefficient (Wildman–Crippen LogP) is 3.19. The van der Waals surface area contributed by atoms with Crippen molar-refractivity contribution in [3.63, 3.8) is 0 Å². The van der Waals surface area contributed by atoms with Gasteiger partial charge in [-0.25, -0.2) is 0 Å². The fourth-order valence-corrected chi connectivity index (χ4v) is 1.95. The Morgan fingerprint density at radius 1 is 1.36 bits per heavy atom. The van der Waals surface area contributed by atoms with Crippen LogP contribution < -0.4 is 5.32 Å². The summed E-state index contributed by atoms with van der Waals surface area (Å²) < 4.78 is 1.15. The summed E-state index contributed by atoms with van der Waals surface area (Å²) >= 11 is 3.43. The molecule has 0 radical (unpaired) electrons. The van der Waals surface area contributed by atoms with Crippen LogP contribution in [0.2, 0.25) is 0 Å². The Kier molecular flexibility index (Phi) is 3.24. The van der Waals surface area contributed by atoms with Crippen molar-refractivity contribution in [3.05, 3.63) is 34.3 Å². The summed E-state index contributed by atoms with van der Waals surface area (Å²) in [5.74, 6) is 1.89. The van der Waals surface area contributed by atoms with E-state index in [-0.39, 0.29) is 0 Å². The van der Waals surface area contributed by atoms with Gasteiger partial charge in [-0.05, 0) is 42.5 Å². The molecule has 1 aromatic rings. The van der Waals surface area contributed by atoms with Gasteiger partial charge in [-0.2, -0.15) is 0 Å². The molecule has 1 N–H and O–H groups in total. The van der Waals surface area contributed by atoms with Crippen molar-refractivity contribution in [2.45, 2.75) is 19.9 Å². The molecule has 0 bridgehead atoms. The molecule has 76 valence electrons. The molecule has 14 heavy (non-hydrogen) atoms. The van der Waals surface area contributed by atoms with Gasteiger partial charge in [0.1, 0.15) is 0 Å². The van der Waals surface area contributed by atoms with Crippen molar-refractivity contribution in [2.24, 2.45) is 11.8 Å². The van der Waals surface area contributed by atoms with Crippen LogP contribution in [-0.4, -0.2) is 6.54 Å². The molecule has 2 rings (SSSR count). The van der Waals surface area contributed by atoms with Crippen molar-refractivity contribution in [1.82, 2.24) is 5.32 Å². The average Bonchev–Trinajstić information content (AvgIpc) is 2.86. The number of halogens is 1. The van der Waals surface area contributed by atoms with Crippen molar-refractivity contribution in [3.8, 4) is 0 Å². The lowest BCUT2D eigenvalue weighted by Crippen LogP contribution is -2.16. The third-order valence-electron chi connectivity index (χ3n) is 2.93.